The highest BCUT2D eigenvalue weighted by atomic mass is 19.4. The number of carbonyl (C=O) groups is 3. The molecule has 0 saturated heterocycles. The van der Waals surface area contributed by atoms with Crippen molar-refractivity contribution in [3.63, 3.8) is 0 Å². The van der Waals surface area contributed by atoms with Gasteiger partial charge in [-0.2, -0.15) is 18.4 Å². The van der Waals surface area contributed by atoms with Gasteiger partial charge >= 0.3 is 12.2 Å². The van der Waals surface area contributed by atoms with Crippen LogP contribution in [0.15, 0.2) is 70.7 Å². The average molecular weight is 537 g/mol. The summed E-state index contributed by atoms with van der Waals surface area (Å²) >= 11 is 0. The number of hydrogen-bond donors (Lipinski definition) is 1. The van der Waals surface area contributed by atoms with Gasteiger partial charge in [-0.1, -0.05) is 17.3 Å². The van der Waals surface area contributed by atoms with Crippen LogP contribution >= 0.6 is 0 Å². The molecular formula is C27H22F3N5O4. The Balaban J connectivity index is 1.83. The third-order valence-electron chi connectivity index (χ3n) is 6.35. The molecule has 9 nitrogen and oxygen atoms in total. The van der Waals surface area contributed by atoms with Crippen molar-refractivity contribution in [1.82, 2.24) is 15.4 Å². The molecule has 200 valence electrons. The number of nitriles is 1. The number of carbonyl (C=O) groups excluding carboxylic acids is 3. The number of urea groups is 1. The van der Waals surface area contributed by atoms with Gasteiger partial charge < -0.3 is 14.7 Å². The van der Waals surface area contributed by atoms with Gasteiger partial charge in [-0.15, -0.1) is 0 Å². The maximum atomic E-state index is 13.6. The molecule has 39 heavy (non-hydrogen) atoms. The van der Waals surface area contributed by atoms with E-state index in [0.29, 0.717) is 5.56 Å². The van der Waals surface area contributed by atoms with Crippen molar-refractivity contribution in [3.05, 3.63) is 94.0 Å². The monoisotopic (exact) mass is 537 g/mol. The third-order valence-corrected chi connectivity index (χ3v) is 6.35. The van der Waals surface area contributed by atoms with Crippen molar-refractivity contribution in [2.24, 2.45) is 0 Å². The molecule has 0 fully saturated rings. The molecule has 0 saturated carbocycles. The zero-order chi connectivity index (χ0) is 28.5. The second-order valence-corrected chi connectivity index (χ2v) is 8.86. The highest BCUT2D eigenvalue weighted by Crippen LogP contribution is 2.41. The van der Waals surface area contributed by atoms with Crippen LogP contribution in [0.25, 0.3) is 0 Å². The van der Waals surface area contributed by atoms with E-state index in [1.807, 2.05) is 6.07 Å². The van der Waals surface area contributed by atoms with Crippen molar-refractivity contribution in [3.8, 4) is 6.07 Å². The van der Waals surface area contributed by atoms with Crippen LogP contribution < -0.4 is 10.2 Å². The number of aromatic nitrogens is 1. The maximum absolute atomic E-state index is 13.6. The largest absolute Gasteiger partial charge is 0.416 e. The highest BCUT2D eigenvalue weighted by molar-refractivity contribution is 6.06. The second-order valence-electron chi connectivity index (χ2n) is 8.86. The van der Waals surface area contributed by atoms with Crippen LogP contribution in [0.2, 0.25) is 0 Å². The number of rotatable bonds is 6. The Morgan fingerprint density at radius 2 is 1.95 bits per heavy atom. The van der Waals surface area contributed by atoms with Gasteiger partial charge in [-0.3, -0.25) is 14.5 Å². The summed E-state index contributed by atoms with van der Waals surface area (Å²) in [6.07, 6.45) is -1.87. The van der Waals surface area contributed by atoms with E-state index in [0.717, 1.165) is 17.0 Å². The molecule has 1 aromatic heterocycles. The fourth-order valence-corrected chi connectivity index (χ4v) is 4.51. The van der Waals surface area contributed by atoms with Crippen molar-refractivity contribution in [2.75, 3.05) is 11.9 Å². The lowest BCUT2D eigenvalue weighted by atomic mass is 9.87. The number of ketones is 1. The molecule has 0 radical (unpaired) electrons. The number of hydrogen-bond acceptors (Lipinski definition) is 6. The number of benzene rings is 2. The summed E-state index contributed by atoms with van der Waals surface area (Å²) < 4.78 is 44.9. The number of nitrogens with zero attached hydrogens (tertiary/aromatic N) is 4. The standard InChI is InChI=1S/C27H22F3N5O4/c1-15-23(16(2)36)24(34(3)26(38)35(15)20-6-4-5-19(10-20)27(28,29)30)21-8-7-17(11-31)9-22(21)25(37)32-12-18-13-33-39-14-18/h4-10,13-14,24H,12H2,1-3H3,(H,32,37). The number of alkyl halides is 3. The van der Waals surface area contributed by atoms with Gasteiger partial charge in [0.1, 0.15) is 6.26 Å². The summed E-state index contributed by atoms with van der Waals surface area (Å²) in [5, 5.41) is 15.7. The Hall–Kier alpha value is -4.92. The number of amides is 3. The first-order valence-corrected chi connectivity index (χ1v) is 11.6. The minimum absolute atomic E-state index is 0.0502. The van der Waals surface area contributed by atoms with E-state index in [-0.39, 0.29) is 40.2 Å². The van der Waals surface area contributed by atoms with E-state index in [4.69, 9.17) is 4.52 Å². The van der Waals surface area contributed by atoms with E-state index in [9.17, 15) is 32.8 Å². The number of nitrogens with one attached hydrogen (secondary N) is 1. The van der Waals surface area contributed by atoms with Gasteiger partial charge in [0.25, 0.3) is 5.91 Å². The summed E-state index contributed by atoms with van der Waals surface area (Å²) in [7, 11) is 1.39. The molecule has 0 aliphatic carbocycles. The van der Waals surface area contributed by atoms with Gasteiger partial charge in [0.05, 0.1) is 35.1 Å². The van der Waals surface area contributed by atoms with Crippen LogP contribution in [0.3, 0.4) is 0 Å². The Bertz CT molecular complexity index is 1520. The fourth-order valence-electron chi connectivity index (χ4n) is 4.51. The predicted molar refractivity (Wildman–Crippen MR) is 132 cm³/mol. The van der Waals surface area contributed by atoms with Crippen LogP contribution in [-0.4, -0.2) is 34.8 Å². The first kappa shape index (κ1) is 27.1. The highest BCUT2D eigenvalue weighted by Gasteiger charge is 2.41. The minimum atomic E-state index is -4.64. The van der Waals surface area contributed by atoms with E-state index in [2.05, 4.69) is 10.5 Å². The Kier molecular flexibility index (Phi) is 7.27. The van der Waals surface area contributed by atoms with Gasteiger partial charge in [-0.05, 0) is 49.7 Å². The van der Waals surface area contributed by atoms with E-state index >= 15 is 0 Å². The summed E-state index contributed by atoms with van der Waals surface area (Å²) in [6.45, 7) is 2.80. The summed E-state index contributed by atoms with van der Waals surface area (Å²) in [5.41, 5.74) is 0.284. The van der Waals surface area contributed by atoms with Gasteiger partial charge in [-0.25, -0.2) is 4.79 Å². The number of anilines is 1. The smallest absolute Gasteiger partial charge is 0.364 e. The number of Topliss-reactive ketones (excluding diaryl/α,β-unsaturated/α-hetero) is 1. The topological polar surface area (TPSA) is 120 Å². The summed E-state index contributed by atoms with van der Waals surface area (Å²) in [4.78, 5) is 42.0. The molecule has 1 aliphatic heterocycles. The summed E-state index contributed by atoms with van der Waals surface area (Å²) in [5.74, 6) is -1.03. The molecule has 1 aliphatic rings. The number of likely N-dealkylation sites (N-methyl/N-ethyl adjacent to an activating group) is 1. The lowest BCUT2D eigenvalue weighted by molar-refractivity contribution is -0.137. The van der Waals surface area contributed by atoms with Gasteiger partial charge in [0, 0.05) is 36.0 Å². The molecule has 2 aromatic carbocycles. The quantitative estimate of drug-likeness (QED) is 0.474. The molecule has 0 spiro atoms. The Morgan fingerprint density at radius 3 is 2.56 bits per heavy atom. The fraction of sp³-hybridized carbons (Fsp3) is 0.222. The van der Waals surface area contributed by atoms with Gasteiger partial charge in [0.2, 0.25) is 0 Å². The van der Waals surface area contributed by atoms with Crippen LogP contribution in [0.5, 0.6) is 0 Å². The Labute approximate surface area is 221 Å². The first-order valence-electron chi connectivity index (χ1n) is 11.6. The van der Waals surface area contributed by atoms with Crippen molar-refractivity contribution in [2.45, 2.75) is 32.6 Å². The zero-order valence-corrected chi connectivity index (χ0v) is 21.0. The summed E-state index contributed by atoms with van der Waals surface area (Å²) in [6, 6.07) is 8.73. The molecule has 2 heterocycles. The van der Waals surface area contributed by atoms with Crippen LogP contribution in [0.4, 0.5) is 23.7 Å². The maximum Gasteiger partial charge on any atom is 0.416 e. The second kappa shape index (κ2) is 10.4. The molecule has 1 unspecified atom stereocenters. The van der Waals surface area contributed by atoms with Crippen molar-refractivity contribution < 1.29 is 32.1 Å². The molecule has 3 aromatic rings. The molecule has 4 rings (SSSR count). The first-order chi connectivity index (χ1) is 18.4. The number of allylic oxidation sites excluding steroid dienone is 1. The van der Waals surface area contributed by atoms with Crippen LogP contribution in [0.1, 0.15) is 52.5 Å². The predicted octanol–water partition coefficient (Wildman–Crippen LogP) is 4.97. The van der Waals surface area contributed by atoms with E-state index < -0.39 is 35.5 Å². The minimum Gasteiger partial charge on any atom is -0.364 e. The third kappa shape index (κ3) is 5.24. The van der Waals surface area contributed by atoms with Crippen molar-refractivity contribution >= 4 is 23.4 Å². The van der Waals surface area contributed by atoms with E-state index in [1.54, 1.807) is 0 Å². The zero-order valence-electron chi connectivity index (χ0n) is 21.0. The average Bonchev–Trinajstić information content (AvgIpc) is 3.42. The normalized spacial score (nSPS) is 15.8. The SMILES string of the molecule is CC(=O)C1=C(C)N(c2cccc(C(F)(F)F)c2)C(=O)N(C)C1c1ccc(C#N)cc1C(=O)NCc1cnoc1. The molecule has 12 heteroatoms. The van der Waals surface area contributed by atoms with Crippen molar-refractivity contribution in [1.29, 1.82) is 5.26 Å². The lowest BCUT2D eigenvalue weighted by Gasteiger charge is -2.41. The van der Waals surface area contributed by atoms with Gasteiger partial charge in [0.15, 0.2) is 5.78 Å². The van der Waals surface area contributed by atoms with Crippen LogP contribution in [0, 0.1) is 11.3 Å². The molecule has 1 atom stereocenters. The molecular weight excluding hydrogens is 515 g/mol. The van der Waals surface area contributed by atoms with E-state index in [1.165, 1.54) is 68.6 Å². The molecule has 0 bridgehead atoms. The lowest BCUT2D eigenvalue weighted by Crippen LogP contribution is -2.49. The Morgan fingerprint density at radius 1 is 1.21 bits per heavy atom. The molecule has 3 amide bonds. The van der Waals surface area contributed by atoms with Crippen LogP contribution in [-0.2, 0) is 17.5 Å². The number of halogens is 3. The molecule has 1 N–H and O–H groups in total.